The molecule has 1 fully saturated rings. The lowest BCUT2D eigenvalue weighted by molar-refractivity contribution is 0.0686. The third-order valence-corrected chi connectivity index (χ3v) is 6.01. The molecule has 0 saturated carbocycles. The summed E-state index contributed by atoms with van der Waals surface area (Å²) in [6.07, 6.45) is 1.77. The predicted octanol–water partition coefficient (Wildman–Crippen LogP) is 2.14. The van der Waals surface area contributed by atoms with Gasteiger partial charge in [-0.15, -0.1) is 0 Å². The van der Waals surface area contributed by atoms with Gasteiger partial charge in [0.2, 0.25) is 10.0 Å². The first-order chi connectivity index (χ1) is 10.4. The molecule has 2 heterocycles. The highest BCUT2D eigenvalue weighted by atomic mass is 32.2. The standard InChI is InChI=1S/C15H18N2O4S/c1-2-17-13-6-5-12(9-11(13)10-14(17)15(18)19)22(20,21)16-7-3-4-8-16/h5-6,9-10H,2-4,7-8H2,1H3,(H,18,19). The smallest absolute Gasteiger partial charge is 0.352 e. The highest BCUT2D eigenvalue weighted by Crippen LogP contribution is 2.26. The van der Waals surface area contributed by atoms with E-state index in [0.29, 0.717) is 25.0 Å². The van der Waals surface area contributed by atoms with Crippen LogP contribution in [0, 0.1) is 0 Å². The van der Waals surface area contributed by atoms with Crippen molar-refractivity contribution in [1.82, 2.24) is 8.87 Å². The van der Waals surface area contributed by atoms with Crippen LogP contribution >= 0.6 is 0 Å². The van der Waals surface area contributed by atoms with Gasteiger partial charge in [0.1, 0.15) is 5.69 Å². The lowest BCUT2D eigenvalue weighted by Gasteiger charge is -2.15. The number of carboxylic acid groups (broad SMARTS) is 1. The first-order valence-electron chi connectivity index (χ1n) is 7.32. The zero-order valence-electron chi connectivity index (χ0n) is 12.3. The number of fused-ring (bicyclic) bond motifs is 1. The Kier molecular flexibility index (Phi) is 3.70. The number of aromatic nitrogens is 1. The van der Waals surface area contributed by atoms with Crippen molar-refractivity contribution in [3.63, 3.8) is 0 Å². The van der Waals surface area contributed by atoms with Crippen LogP contribution in [0.1, 0.15) is 30.3 Å². The van der Waals surface area contributed by atoms with E-state index in [1.54, 1.807) is 22.8 Å². The van der Waals surface area contributed by atoms with Crippen molar-refractivity contribution in [3.8, 4) is 0 Å². The molecule has 118 valence electrons. The molecule has 7 heteroatoms. The number of hydrogen-bond acceptors (Lipinski definition) is 3. The maximum atomic E-state index is 12.6. The van der Waals surface area contributed by atoms with Gasteiger partial charge in [-0.05, 0) is 44.0 Å². The number of sulfonamides is 1. The highest BCUT2D eigenvalue weighted by molar-refractivity contribution is 7.89. The summed E-state index contributed by atoms with van der Waals surface area (Å²) >= 11 is 0. The Bertz CT molecular complexity index is 833. The Morgan fingerprint density at radius 3 is 2.50 bits per heavy atom. The van der Waals surface area contributed by atoms with E-state index in [1.807, 2.05) is 6.92 Å². The summed E-state index contributed by atoms with van der Waals surface area (Å²) in [5.41, 5.74) is 0.911. The van der Waals surface area contributed by atoms with Gasteiger partial charge in [-0.2, -0.15) is 4.31 Å². The molecule has 0 bridgehead atoms. The SMILES string of the molecule is CCn1c(C(=O)O)cc2cc(S(=O)(=O)N3CCCC3)ccc21. The maximum absolute atomic E-state index is 12.6. The van der Waals surface area contributed by atoms with Crippen LogP contribution in [-0.4, -0.2) is 41.5 Å². The third-order valence-electron chi connectivity index (χ3n) is 4.11. The molecule has 6 nitrogen and oxygen atoms in total. The summed E-state index contributed by atoms with van der Waals surface area (Å²) in [4.78, 5) is 11.5. The molecular weight excluding hydrogens is 304 g/mol. The molecule has 0 radical (unpaired) electrons. The van der Waals surface area contributed by atoms with E-state index in [-0.39, 0.29) is 10.6 Å². The van der Waals surface area contributed by atoms with Gasteiger partial charge in [-0.25, -0.2) is 13.2 Å². The Labute approximate surface area is 129 Å². The van der Waals surface area contributed by atoms with E-state index < -0.39 is 16.0 Å². The van der Waals surface area contributed by atoms with Crippen LogP contribution in [0.25, 0.3) is 10.9 Å². The lowest BCUT2D eigenvalue weighted by atomic mass is 10.2. The summed E-state index contributed by atoms with van der Waals surface area (Å²) in [6, 6.07) is 6.35. The average molecular weight is 322 g/mol. The summed E-state index contributed by atoms with van der Waals surface area (Å²) in [6.45, 7) is 3.48. The number of nitrogens with zero attached hydrogens (tertiary/aromatic N) is 2. The molecule has 1 aliphatic heterocycles. The number of rotatable bonds is 4. The molecule has 0 unspecified atom stereocenters. The first kappa shape index (κ1) is 15.1. The molecule has 1 aliphatic rings. The molecule has 1 saturated heterocycles. The fourth-order valence-corrected chi connectivity index (χ4v) is 4.56. The Morgan fingerprint density at radius 2 is 1.91 bits per heavy atom. The minimum Gasteiger partial charge on any atom is -0.477 e. The number of aromatic carboxylic acids is 1. The Hall–Kier alpha value is -1.86. The number of benzene rings is 1. The average Bonchev–Trinajstić information content (AvgIpc) is 3.14. The summed E-state index contributed by atoms with van der Waals surface area (Å²) in [5, 5.41) is 9.89. The van der Waals surface area contributed by atoms with Crippen LogP contribution in [0.4, 0.5) is 0 Å². The van der Waals surface area contributed by atoms with E-state index in [2.05, 4.69) is 0 Å². The van der Waals surface area contributed by atoms with E-state index >= 15 is 0 Å². The monoisotopic (exact) mass is 322 g/mol. The molecule has 3 rings (SSSR count). The molecule has 0 aliphatic carbocycles. The zero-order valence-corrected chi connectivity index (χ0v) is 13.1. The van der Waals surface area contributed by atoms with Crippen molar-refractivity contribution >= 4 is 26.9 Å². The molecule has 0 spiro atoms. The summed E-state index contributed by atoms with van der Waals surface area (Å²) in [5.74, 6) is -1.01. The van der Waals surface area contributed by atoms with Gasteiger partial charge in [0.15, 0.2) is 0 Å². The molecule has 1 aromatic heterocycles. The number of aryl methyl sites for hydroxylation is 1. The van der Waals surface area contributed by atoms with Crippen molar-refractivity contribution in [2.75, 3.05) is 13.1 Å². The molecule has 1 aromatic carbocycles. The molecule has 1 N–H and O–H groups in total. The number of carboxylic acids is 1. The molecule has 22 heavy (non-hydrogen) atoms. The second-order valence-corrected chi connectivity index (χ2v) is 7.35. The molecule has 0 amide bonds. The second kappa shape index (κ2) is 5.40. The van der Waals surface area contributed by atoms with Gasteiger partial charge in [0.05, 0.1) is 4.90 Å². The molecule has 0 atom stereocenters. The van der Waals surface area contributed by atoms with Gasteiger partial charge in [-0.3, -0.25) is 0 Å². The van der Waals surface area contributed by atoms with E-state index in [4.69, 9.17) is 0 Å². The first-order valence-corrected chi connectivity index (χ1v) is 8.76. The topological polar surface area (TPSA) is 79.6 Å². The second-order valence-electron chi connectivity index (χ2n) is 5.41. The lowest BCUT2D eigenvalue weighted by Crippen LogP contribution is -2.27. The van der Waals surface area contributed by atoms with Crippen LogP contribution in [-0.2, 0) is 16.6 Å². The van der Waals surface area contributed by atoms with Gasteiger partial charge in [0.25, 0.3) is 0 Å². The van der Waals surface area contributed by atoms with Crippen LogP contribution in [0.3, 0.4) is 0 Å². The fraction of sp³-hybridized carbons (Fsp3) is 0.400. The van der Waals surface area contributed by atoms with E-state index in [0.717, 1.165) is 18.4 Å². The highest BCUT2D eigenvalue weighted by Gasteiger charge is 2.27. The normalized spacial score (nSPS) is 16.4. The van der Waals surface area contributed by atoms with Crippen LogP contribution in [0.2, 0.25) is 0 Å². The van der Waals surface area contributed by atoms with Crippen molar-refractivity contribution in [2.24, 2.45) is 0 Å². The third kappa shape index (κ3) is 2.30. The van der Waals surface area contributed by atoms with Crippen molar-refractivity contribution < 1.29 is 18.3 Å². The largest absolute Gasteiger partial charge is 0.477 e. The fourth-order valence-electron chi connectivity index (χ4n) is 3.00. The van der Waals surface area contributed by atoms with Gasteiger partial charge >= 0.3 is 5.97 Å². The van der Waals surface area contributed by atoms with Crippen molar-refractivity contribution in [2.45, 2.75) is 31.2 Å². The minimum atomic E-state index is -3.48. The van der Waals surface area contributed by atoms with Crippen LogP contribution in [0.5, 0.6) is 0 Å². The molecular formula is C15H18N2O4S. The van der Waals surface area contributed by atoms with Crippen molar-refractivity contribution in [1.29, 1.82) is 0 Å². The van der Waals surface area contributed by atoms with E-state index in [1.165, 1.54) is 10.4 Å². The van der Waals surface area contributed by atoms with Crippen molar-refractivity contribution in [3.05, 3.63) is 30.0 Å². The predicted molar refractivity (Wildman–Crippen MR) is 82.6 cm³/mol. The zero-order chi connectivity index (χ0) is 15.9. The van der Waals surface area contributed by atoms with Gasteiger partial charge in [-0.1, -0.05) is 0 Å². The van der Waals surface area contributed by atoms with Crippen LogP contribution < -0.4 is 0 Å². The van der Waals surface area contributed by atoms with Crippen LogP contribution in [0.15, 0.2) is 29.2 Å². The Morgan fingerprint density at radius 1 is 1.23 bits per heavy atom. The number of hydrogen-bond donors (Lipinski definition) is 1. The molecule has 2 aromatic rings. The maximum Gasteiger partial charge on any atom is 0.352 e. The van der Waals surface area contributed by atoms with Gasteiger partial charge < -0.3 is 9.67 Å². The Balaban J connectivity index is 2.12. The van der Waals surface area contributed by atoms with E-state index in [9.17, 15) is 18.3 Å². The number of carbonyl (C=O) groups is 1. The summed E-state index contributed by atoms with van der Waals surface area (Å²) in [7, 11) is -3.48. The van der Waals surface area contributed by atoms with Gasteiger partial charge in [0, 0.05) is 30.5 Å². The quantitative estimate of drug-likeness (QED) is 0.935. The minimum absolute atomic E-state index is 0.174. The summed E-state index contributed by atoms with van der Waals surface area (Å²) < 4.78 is 28.3.